The number of nitrogens with one attached hydrogen (secondary N) is 2. The molecule has 0 radical (unpaired) electrons. The molecule has 3 N–H and O–H groups in total. The van der Waals surface area contributed by atoms with Crippen LogP contribution in [-0.4, -0.2) is 60.6 Å². The molecule has 0 aliphatic carbocycles. The molecule has 2 atom stereocenters. The number of carbonyl (C=O) groups is 2. The summed E-state index contributed by atoms with van der Waals surface area (Å²) in [4.78, 5) is 26.6. The molecule has 2 saturated heterocycles. The lowest BCUT2D eigenvalue weighted by atomic mass is 9.72. The fourth-order valence-electron chi connectivity index (χ4n) is 4.21. The Hall–Kier alpha value is -1.34. The van der Waals surface area contributed by atoms with E-state index in [1.54, 1.807) is 12.1 Å². The summed E-state index contributed by atoms with van der Waals surface area (Å²) in [5.74, 6) is -0.478. The van der Waals surface area contributed by atoms with Crippen molar-refractivity contribution >= 4 is 35.1 Å². The molecule has 26 heavy (non-hydrogen) atoms. The summed E-state index contributed by atoms with van der Waals surface area (Å²) < 4.78 is 0. The molecule has 2 fully saturated rings. The lowest BCUT2D eigenvalue weighted by molar-refractivity contribution is -0.134. The molecular weight excluding hydrogens is 377 g/mol. The highest BCUT2D eigenvalue weighted by Gasteiger charge is 2.55. The van der Waals surface area contributed by atoms with Crippen molar-refractivity contribution in [3.8, 4) is 0 Å². The standard InChI is InChI=1S/C18H23Cl2N3O3/c1-23(17(25)26)18(16(24)11-4-6-21-7-5-11)10-22-9-13(18)12-2-3-14(19)15(20)8-12/h2-3,8,11,13,21-22H,4-7,9-10H2,1H3,(H,25,26)/t13-,18+/m0/s1. The smallest absolute Gasteiger partial charge is 0.407 e. The number of halogens is 2. The van der Waals surface area contributed by atoms with Crippen LogP contribution in [0.5, 0.6) is 0 Å². The molecule has 0 bridgehead atoms. The number of Topliss-reactive ketones (excluding diaryl/α,β-unsaturated/α-hetero) is 1. The van der Waals surface area contributed by atoms with Gasteiger partial charge in [0.15, 0.2) is 5.78 Å². The van der Waals surface area contributed by atoms with Crippen molar-refractivity contribution in [2.75, 3.05) is 33.2 Å². The summed E-state index contributed by atoms with van der Waals surface area (Å²) in [7, 11) is 1.48. The molecule has 1 amide bonds. The van der Waals surface area contributed by atoms with Crippen LogP contribution in [0.3, 0.4) is 0 Å². The van der Waals surface area contributed by atoms with E-state index in [2.05, 4.69) is 10.6 Å². The van der Waals surface area contributed by atoms with Gasteiger partial charge in [-0.3, -0.25) is 9.69 Å². The lowest BCUT2D eigenvalue weighted by Gasteiger charge is -2.42. The van der Waals surface area contributed by atoms with Crippen molar-refractivity contribution in [3.05, 3.63) is 33.8 Å². The van der Waals surface area contributed by atoms with E-state index in [0.717, 1.165) is 31.5 Å². The molecule has 8 heteroatoms. The van der Waals surface area contributed by atoms with E-state index in [1.165, 1.54) is 11.9 Å². The number of hydrogen-bond acceptors (Lipinski definition) is 4. The Bertz CT molecular complexity index is 709. The van der Waals surface area contributed by atoms with E-state index >= 15 is 0 Å². The van der Waals surface area contributed by atoms with Gasteiger partial charge in [-0.2, -0.15) is 0 Å². The van der Waals surface area contributed by atoms with Gasteiger partial charge in [-0.1, -0.05) is 29.3 Å². The van der Waals surface area contributed by atoms with Crippen LogP contribution in [0.25, 0.3) is 0 Å². The zero-order chi connectivity index (χ0) is 18.9. The molecule has 0 spiro atoms. The minimum Gasteiger partial charge on any atom is -0.465 e. The molecule has 6 nitrogen and oxygen atoms in total. The first-order valence-electron chi connectivity index (χ1n) is 8.75. The number of piperidine rings is 1. The zero-order valence-electron chi connectivity index (χ0n) is 14.6. The summed E-state index contributed by atoms with van der Waals surface area (Å²) in [6.45, 7) is 2.35. The van der Waals surface area contributed by atoms with E-state index in [-0.39, 0.29) is 17.6 Å². The number of nitrogens with zero attached hydrogens (tertiary/aromatic N) is 1. The van der Waals surface area contributed by atoms with Gasteiger partial charge < -0.3 is 15.7 Å². The number of carboxylic acid groups (broad SMARTS) is 1. The van der Waals surface area contributed by atoms with Crippen LogP contribution in [0.1, 0.15) is 24.3 Å². The Labute approximate surface area is 162 Å². The molecule has 1 aromatic carbocycles. The molecule has 2 heterocycles. The third-order valence-corrected chi connectivity index (χ3v) is 6.43. The van der Waals surface area contributed by atoms with Gasteiger partial charge >= 0.3 is 6.09 Å². The van der Waals surface area contributed by atoms with E-state index < -0.39 is 11.6 Å². The zero-order valence-corrected chi connectivity index (χ0v) is 16.1. The normalized spacial score (nSPS) is 26.7. The quantitative estimate of drug-likeness (QED) is 0.724. The number of carbonyl (C=O) groups excluding carboxylic acids is 1. The third kappa shape index (κ3) is 3.31. The number of likely N-dealkylation sites (N-methyl/N-ethyl adjacent to an activating group) is 1. The summed E-state index contributed by atoms with van der Waals surface area (Å²) in [6, 6.07) is 5.26. The van der Waals surface area contributed by atoms with Crippen molar-refractivity contribution in [1.82, 2.24) is 15.5 Å². The first-order valence-corrected chi connectivity index (χ1v) is 9.51. The van der Waals surface area contributed by atoms with Gasteiger partial charge in [0, 0.05) is 32.0 Å². The van der Waals surface area contributed by atoms with Gasteiger partial charge in [-0.15, -0.1) is 0 Å². The number of amides is 1. The predicted octanol–water partition coefficient (Wildman–Crippen LogP) is 2.60. The van der Waals surface area contributed by atoms with Crippen molar-refractivity contribution < 1.29 is 14.7 Å². The van der Waals surface area contributed by atoms with E-state index in [1.807, 2.05) is 6.07 Å². The van der Waals surface area contributed by atoms with Crippen LogP contribution in [0.2, 0.25) is 10.0 Å². The SMILES string of the molecule is CN(C(=O)O)[C@]1(C(=O)C2CCNCC2)CNC[C@H]1c1ccc(Cl)c(Cl)c1. The Kier molecular flexibility index (Phi) is 5.77. The van der Waals surface area contributed by atoms with Crippen LogP contribution in [0.4, 0.5) is 4.79 Å². The van der Waals surface area contributed by atoms with Crippen LogP contribution >= 0.6 is 23.2 Å². The van der Waals surface area contributed by atoms with Gasteiger partial charge in [-0.25, -0.2) is 4.79 Å². The van der Waals surface area contributed by atoms with E-state index in [4.69, 9.17) is 23.2 Å². The Morgan fingerprint density at radius 3 is 2.50 bits per heavy atom. The Morgan fingerprint density at radius 1 is 1.19 bits per heavy atom. The molecule has 142 valence electrons. The minimum atomic E-state index is -1.15. The van der Waals surface area contributed by atoms with Crippen LogP contribution in [0.15, 0.2) is 18.2 Å². The number of ketones is 1. The average Bonchev–Trinajstić information content (AvgIpc) is 3.09. The number of rotatable bonds is 4. The number of hydrogen-bond donors (Lipinski definition) is 3. The van der Waals surface area contributed by atoms with Crippen LogP contribution in [-0.2, 0) is 4.79 Å². The monoisotopic (exact) mass is 399 g/mol. The molecular formula is C18H23Cl2N3O3. The second-order valence-electron chi connectivity index (χ2n) is 7.01. The van der Waals surface area contributed by atoms with Gasteiger partial charge in [0.1, 0.15) is 5.54 Å². The maximum Gasteiger partial charge on any atom is 0.407 e. The molecule has 0 saturated carbocycles. The van der Waals surface area contributed by atoms with Crippen molar-refractivity contribution in [2.45, 2.75) is 24.3 Å². The van der Waals surface area contributed by atoms with Gasteiger partial charge in [0.05, 0.1) is 10.0 Å². The largest absolute Gasteiger partial charge is 0.465 e. The van der Waals surface area contributed by atoms with Crippen molar-refractivity contribution in [3.63, 3.8) is 0 Å². The fraction of sp³-hybridized carbons (Fsp3) is 0.556. The molecule has 2 aliphatic rings. The van der Waals surface area contributed by atoms with E-state index in [9.17, 15) is 14.7 Å². The first-order chi connectivity index (χ1) is 12.4. The molecule has 3 rings (SSSR count). The van der Waals surface area contributed by atoms with Gasteiger partial charge in [-0.05, 0) is 43.6 Å². The second kappa shape index (κ2) is 7.72. The first kappa shape index (κ1) is 19.4. The maximum absolute atomic E-state index is 13.6. The van der Waals surface area contributed by atoms with Gasteiger partial charge in [0.25, 0.3) is 0 Å². The highest BCUT2D eigenvalue weighted by Crippen LogP contribution is 2.41. The highest BCUT2D eigenvalue weighted by molar-refractivity contribution is 6.42. The van der Waals surface area contributed by atoms with Crippen molar-refractivity contribution in [2.24, 2.45) is 5.92 Å². The fourth-order valence-corrected chi connectivity index (χ4v) is 4.51. The molecule has 0 aromatic heterocycles. The molecule has 1 aromatic rings. The second-order valence-corrected chi connectivity index (χ2v) is 7.83. The molecule has 2 aliphatic heterocycles. The van der Waals surface area contributed by atoms with E-state index in [0.29, 0.717) is 23.1 Å². The summed E-state index contributed by atoms with van der Waals surface area (Å²) >= 11 is 12.2. The summed E-state index contributed by atoms with van der Waals surface area (Å²) in [5.41, 5.74) is -0.329. The van der Waals surface area contributed by atoms with Crippen LogP contribution in [0, 0.1) is 5.92 Å². The van der Waals surface area contributed by atoms with Crippen molar-refractivity contribution in [1.29, 1.82) is 0 Å². The third-order valence-electron chi connectivity index (χ3n) is 5.69. The molecule has 0 unspecified atom stereocenters. The average molecular weight is 400 g/mol. The Morgan fingerprint density at radius 2 is 1.88 bits per heavy atom. The minimum absolute atomic E-state index is 0.00928. The summed E-state index contributed by atoms with van der Waals surface area (Å²) in [5, 5.41) is 17.0. The summed E-state index contributed by atoms with van der Waals surface area (Å²) in [6.07, 6.45) is 0.339. The number of benzene rings is 1. The maximum atomic E-state index is 13.6. The topological polar surface area (TPSA) is 81.7 Å². The predicted molar refractivity (Wildman–Crippen MR) is 101 cm³/mol. The van der Waals surface area contributed by atoms with Gasteiger partial charge in [0.2, 0.25) is 0 Å². The Balaban J connectivity index is 2.04. The lowest BCUT2D eigenvalue weighted by Crippen LogP contribution is -2.61. The van der Waals surface area contributed by atoms with Crippen LogP contribution < -0.4 is 10.6 Å². The highest BCUT2D eigenvalue weighted by atomic mass is 35.5.